The summed E-state index contributed by atoms with van der Waals surface area (Å²) in [5.74, 6) is 0.213. The summed E-state index contributed by atoms with van der Waals surface area (Å²) in [7, 11) is 0. The maximum absolute atomic E-state index is 12.4. The van der Waals surface area contributed by atoms with Crippen molar-refractivity contribution in [1.29, 1.82) is 0 Å². The van der Waals surface area contributed by atoms with E-state index >= 15 is 0 Å². The molecule has 1 aliphatic carbocycles. The van der Waals surface area contributed by atoms with Gasteiger partial charge in [-0.2, -0.15) is 5.10 Å². The lowest BCUT2D eigenvalue weighted by atomic mass is 9.95. The fourth-order valence-corrected chi connectivity index (χ4v) is 3.21. The van der Waals surface area contributed by atoms with Gasteiger partial charge in [-0.1, -0.05) is 24.9 Å². The predicted octanol–water partition coefficient (Wildman–Crippen LogP) is 2.36. The Bertz CT molecular complexity index is 470. The summed E-state index contributed by atoms with van der Waals surface area (Å²) in [6, 6.07) is 0.0231. The van der Waals surface area contributed by atoms with E-state index in [1.54, 1.807) is 0 Å². The Morgan fingerprint density at radius 2 is 2.21 bits per heavy atom. The number of hydrogen-bond acceptors (Lipinski definition) is 3. The second-order valence-corrected chi connectivity index (χ2v) is 5.60. The van der Waals surface area contributed by atoms with Gasteiger partial charge in [0.1, 0.15) is 5.78 Å². The topological polar surface area (TPSA) is 60.9 Å². The lowest BCUT2D eigenvalue weighted by Gasteiger charge is -2.14. The largest absolute Gasteiger partial charge is 0.327 e. The normalized spacial score (nSPS) is 22.9. The zero-order valence-electron chi connectivity index (χ0n) is 11.7. The van der Waals surface area contributed by atoms with Crippen molar-refractivity contribution in [2.75, 3.05) is 0 Å². The summed E-state index contributed by atoms with van der Waals surface area (Å²) in [5, 5.41) is 5.10. The SMILES string of the molecule is CCc1nn(CC)c(CC(=O)C2CCCC2N)c1Cl. The van der Waals surface area contributed by atoms with Gasteiger partial charge in [-0.15, -0.1) is 0 Å². The third kappa shape index (κ3) is 2.84. The van der Waals surface area contributed by atoms with E-state index in [-0.39, 0.29) is 17.7 Å². The van der Waals surface area contributed by atoms with Crippen LogP contribution in [0.2, 0.25) is 5.02 Å². The van der Waals surface area contributed by atoms with Crippen LogP contribution >= 0.6 is 11.6 Å². The Morgan fingerprint density at radius 3 is 2.74 bits per heavy atom. The quantitative estimate of drug-likeness (QED) is 0.902. The molecule has 0 bridgehead atoms. The molecule has 19 heavy (non-hydrogen) atoms. The first-order valence-electron chi connectivity index (χ1n) is 7.10. The fraction of sp³-hybridized carbons (Fsp3) is 0.714. The van der Waals surface area contributed by atoms with Crippen molar-refractivity contribution in [1.82, 2.24) is 9.78 Å². The van der Waals surface area contributed by atoms with E-state index in [1.165, 1.54) is 0 Å². The van der Waals surface area contributed by atoms with E-state index in [2.05, 4.69) is 5.10 Å². The summed E-state index contributed by atoms with van der Waals surface area (Å²) in [6.07, 6.45) is 4.07. The fourth-order valence-electron chi connectivity index (χ4n) is 2.87. The van der Waals surface area contributed by atoms with Crippen LogP contribution in [0.15, 0.2) is 0 Å². The number of nitrogens with zero attached hydrogens (tertiary/aromatic N) is 2. The van der Waals surface area contributed by atoms with Crippen LogP contribution in [0.5, 0.6) is 0 Å². The summed E-state index contributed by atoms with van der Waals surface area (Å²) in [6.45, 7) is 4.77. The minimum Gasteiger partial charge on any atom is -0.327 e. The van der Waals surface area contributed by atoms with Gasteiger partial charge in [-0.05, 0) is 26.2 Å². The molecule has 1 fully saturated rings. The van der Waals surface area contributed by atoms with Crippen LogP contribution in [0.1, 0.15) is 44.5 Å². The van der Waals surface area contributed by atoms with Crippen molar-refractivity contribution < 1.29 is 4.79 Å². The molecule has 2 unspecified atom stereocenters. The van der Waals surface area contributed by atoms with Gasteiger partial charge in [0.2, 0.25) is 0 Å². The van der Waals surface area contributed by atoms with Crippen molar-refractivity contribution in [2.24, 2.45) is 11.7 Å². The van der Waals surface area contributed by atoms with E-state index in [9.17, 15) is 4.79 Å². The van der Waals surface area contributed by atoms with E-state index in [0.29, 0.717) is 11.4 Å². The van der Waals surface area contributed by atoms with Gasteiger partial charge in [-0.3, -0.25) is 9.48 Å². The average molecular weight is 284 g/mol. The van der Waals surface area contributed by atoms with Gasteiger partial charge in [-0.25, -0.2) is 0 Å². The number of ketones is 1. The summed E-state index contributed by atoms with van der Waals surface area (Å²) >= 11 is 6.33. The molecule has 0 saturated heterocycles. The van der Waals surface area contributed by atoms with Crippen molar-refractivity contribution in [2.45, 2.75) is 58.5 Å². The predicted molar refractivity (Wildman–Crippen MR) is 76.3 cm³/mol. The Balaban J connectivity index is 2.18. The van der Waals surface area contributed by atoms with Crippen molar-refractivity contribution >= 4 is 17.4 Å². The second kappa shape index (κ2) is 6.06. The highest BCUT2D eigenvalue weighted by Gasteiger charge is 2.31. The molecule has 5 heteroatoms. The molecular weight excluding hydrogens is 262 g/mol. The maximum Gasteiger partial charge on any atom is 0.143 e. The number of hydrogen-bond donors (Lipinski definition) is 1. The lowest BCUT2D eigenvalue weighted by Crippen LogP contribution is -2.32. The molecular formula is C14H22ClN3O. The molecule has 0 amide bonds. The zero-order chi connectivity index (χ0) is 14.0. The molecule has 2 rings (SSSR count). The first kappa shape index (κ1) is 14.5. The standard InChI is InChI=1S/C14H22ClN3O/c1-3-11-14(15)12(18(4-2)17-11)8-13(19)9-6-5-7-10(9)16/h9-10H,3-8,16H2,1-2H3. The third-order valence-electron chi connectivity index (χ3n) is 4.02. The van der Waals surface area contributed by atoms with Crippen LogP contribution in [0, 0.1) is 5.92 Å². The Kier molecular flexibility index (Phi) is 4.63. The van der Waals surface area contributed by atoms with Gasteiger partial charge in [0.25, 0.3) is 0 Å². The molecule has 0 aliphatic heterocycles. The smallest absolute Gasteiger partial charge is 0.143 e. The number of rotatable bonds is 5. The van der Waals surface area contributed by atoms with E-state index in [0.717, 1.165) is 43.6 Å². The highest BCUT2D eigenvalue weighted by molar-refractivity contribution is 6.32. The molecule has 0 spiro atoms. The minimum absolute atomic E-state index is 0.00125. The first-order valence-corrected chi connectivity index (χ1v) is 7.48. The zero-order valence-corrected chi connectivity index (χ0v) is 12.4. The highest BCUT2D eigenvalue weighted by atomic mass is 35.5. The monoisotopic (exact) mass is 283 g/mol. The third-order valence-corrected chi connectivity index (χ3v) is 4.46. The number of aryl methyl sites for hydroxylation is 2. The Labute approximate surface area is 119 Å². The number of nitrogens with two attached hydrogens (primary N) is 1. The van der Waals surface area contributed by atoms with E-state index in [4.69, 9.17) is 17.3 Å². The van der Waals surface area contributed by atoms with Crippen LogP contribution in [0.25, 0.3) is 0 Å². The molecule has 2 N–H and O–H groups in total. The second-order valence-electron chi connectivity index (χ2n) is 5.22. The molecule has 2 atom stereocenters. The molecule has 1 saturated carbocycles. The molecule has 1 heterocycles. The maximum atomic E-state index is 12.4. The van der Waals surface area contributed by atoms with Crippen molar-refractivity contribution in [3.8, 4) is 0 Å². The van der Waals surface area contributed by atoms with Gasteiger partial charge >= 0.3 is 0 Å². The summed E-state index contributed by atoms with van der Waals surface area (Å²) < 4.78 is 1.85. The van der Waals surface area contributed by atoms with Crippen LogP contribution in [0.3, 0.4) is 0 Å². The molecule has 106 valence electrons. The summed E-state index contributed by atoms with van der Waals surface area (Å²) in [5.41, 5.74) is 7.73. The minimum atomic E-state index is 0.00125. The number of aromatic nitrogens is 2. The molecule has 1 aliphatic rings. The average Bonchev–Trinajstić information content (AvgIpc) is 2.95. The molecule has 0 aromatic carbocycles. The highest BCUT2D eigenvalue weighted by Crippen LogP contribution is 2.28. The van der Waals surface area contributed by atoms with Gasteiger partial charge < -0.3 is 5.73 Å². The van der Waals surface area contributed by atoms with Crippen molar-refractivity contribution in [3.05, 3.63) is 16.4 Å². The van der Waals surface area contributed by atoms with Gasteiger partial charge in [0.05, 0.1) is 22.8 Å². The molecule has 1 aromatic heterocycles. The van der Waals surface area contributed by atoms with Crippen LogP contribution < -0.4 is 5.73 Å². The summed E-state index contributed by atoms with van der Waals surface area (Å²) in [4.78, 5) is 12.4. The number of carbonyl (C=O) groups excluding carboxylic acids is 1. The van der Waals surface area contributed by atoms with E-state index < -0.39 is 0 Å². The van der Waals surface area contributed by atoms with Crippen molar-refractivity contribution in [3.63, 3.8) is 0 Å². The number of halogens is 1. The Hall–Kier alpha value is -0.870. The number of carbonyl (C=O) groups is 1. The molecule has 1 aromatic rings. The first-order chi connectivity index (χ1) is 9.08. The van der Waals surface area contributed by atoms with Crippen LogP contribution in [0.4, 0.5) is 0 Å². The van der Waals surface area contributed by atoms with E-state index in [1.807, 2.05) is 18.5 Å². The van der Waals surface area contributed by atoms with Gasteiger partial charge in [0.15, 0.2) is 0 Å². The molecule has 0 radical (unpaired) electrons. The molecule has 4 nitrogen and oxygen atoms in total. The van der Waals surface area contributed by atoms with Crippen LogP contribution in [-0.2, 0) is 24.2 Å². The van der Waals surface area contributed by atoms with Gasteiger partial charge in [0, 0.05) is 18.5 Å². The Morgan fingerprint density at radius 1 is 1.47 bits per heavy atom. The lowest BCUT2D eigenvalue weighted by molar-refractivity contribution is -0.122. The number of Topliss-reactive ketones (excluding diaryl/α,β-unsaturated/α-hetero) is 1. The van der Waals surface area contributed by atoms with Crippen LogP contribution in [-0.4, -0.2) is 21.6 Å².